The van der Waals surface area contributed by atoms with Gasteiger partial charge in [0.2, 0.25) is 21.8 Å². The number of amides is 2. The summed E-state index contributed by atoms with van der Waals surface area (Å²) in [5, 5.41) is 3.78. The Kier molecular flexibility index (Phi) is 10.4. The summed E-state index contributed by atoms with van der Waals surface area (Å²) in [6, 6.07) is 11.9. The first kappa shape index (κ1) is 28.1. The first-order valence-corrected chi connectivity index (χ1v) is 13.3. The Balaban J connectivity index is 2.34. The molecular formula is C24H31Cl2N3O4S. The highest BCUT2D eigenvalue weighted by Crippen LogP contribution is 2.21. The molecule has 2 atom stereocenters. The molecule has 0 aromatic heterocycles. The minimum absolute atomic E-state index is 0.0198. The summed E-state index contributed by atoms with van der Waals surface area (Å²) < 4.78 is 26.9. The van der Waals surface area contributed by atoms with Gasteiger partial charge in [0.25, 0.3) is 0 Å². The maximum absolute atomic E-state index is 13.4. The fourth-order valence-corrected chi connectivity index (χ4v) is 4.77. The van der Waals surface area contributed by atoms with E-state index >= 15 is 0 Å². The molecule has 0 bridgehead atoms. The van der Waals surface area contributed by atoms with Gasteiger partial charge in [0, 0.05) is 29.7 Å². The maximum atomic E-state index is 13.4. The molecule has 0 aliphatic rings. The molecule has 0 fully saturated rings. The average Bonchev–Trinajstić information content (AvgIpc) is 2.80. The summed E-state index contributed by atoms with van der Waals surface area (Å²) >= 11 is 12.2. The number of likely N-dealkylation sites (N-methyl/N-ethyl adjacent to an activating group) is 1. The number of hydrogen-bond donors (Lipinski definition) is 1. The molecule has 34 heavy (non-hydrogen) atoms. The Morgan fingerprint density at radius 2 is 1.62 bits per heavy atom. The van der Waals surface area contributed by atoms with E-state index in [1.165, 1.54) is 36.2 Å². The van der Waals surface area contributed by atoms with Gasteiger partial charge in [0.05, 0.1) is 11.4 Å². The Morgan fingerprint density at radius 1 is 1.00 bits per heavy atom. The van der Waals surface area contributed by atoms with Crippen LogP contribution in [0, 0.1) is 0 Å². The quantitative estimate of drug-likeness (QED) is 0.470. The Hall–Kier alpha value is -2.13. The normalized spacial score (nSPS) is 13.4. The van der Waals surface area contributed by atoms with Crippen molar-refractivity contribution in [1.82, 2.24) is 14.5 Å². The summed E-state index contributed by atoms with van der Waals surface area (Å²) in [6.45, 7) is 5.27. The van der Waals surface area contributed by atoms with E-state index in [4.69, 9.17) is 23.2 Å². The van der Waals surface area contributed by atoms with Crippen molar-refractivity contribution < 1.29 is 18.0 Å². The van der Waals surface area contributed by atoms with E-state index in [0.29, 0.717) is 22.0 Å². The van der Waals surface area contributed by atoms with Crippen molar-refractivity contribution in [2.45, 2.75) is 57.1 Å². The number of rotatable bonds is 11. The van der Waals surface area contributed by atoms with Crippen molar-refractivity contribution in [2.24, 2.45) is 0 Å². The van der Waals surface area contributed by atoms with Gasteiger partial charge in [-0.05, 0) is 55.7 Å². The average molecular weight is 529 g/mol. The van der Waals surface area contributed by atoms with Crippen molar-refractivity contribution in [2.75, 3.05) is 13.6 Å². The highest BCUT2D eigenvalue weighted by molar-refractivity contribution is 7.89. The lowest BCUT2D eigenvalue weighted by Crippen LogP contribution is -2.53. The van der Waals surface area contributed by atoms with Crippen molar-refractivity contribution in [3.8, 4) is 0 Å². The van der Waals surface area contributed by atoms with Gasteiger partial charge in [0.15, 0.2) is 0 Å². The van der Waals surface area contributed by atoms with E-state index in [0.717, 1.165) is 10.7 Å². The van der Waals surface area contributed by atoms with Crippen molar-refractivity contribution in [3.05, 3.63) is 64.1 Å². The predicted octanol–water partition coefficient (Wildman–Crippen LogP) is 4.34. The van der Waals surface area contributed by atoms with E-state index in [1.807, 2.05) is 20.8 Å². The second kappa shape index (κ2) is 12.5. The molecule has 0 heterocycles. The molecule has 7 nitrogen and oxygen atoms in total. The molecule has 0 saturated carbocycles. The lowest BCUT2D eigenvalue weighted by Gasteiger charge is -2.32. The van der Waals surface area contributed by atoms with Crippen molar-refractivity contribution in [1.29, 1.82) is 0 Å². The zero-order chi connectivity index (χ0) is 25.5. The third kappa shape index (κ3) is 7.18. The minimum Gasteiger partial charge on any atom is -0.352 e. The molecule has 0 aliphatic carbocycles. The lowest BCUT2D eigenvalue weighted by atomic mass is 10.1. The van der Waals surface area contributed by atoms with E-state index < -0.39 is 28.5 Å². The summed E-state index contributed by atoms with van der Waals surface area (Å²) in [4.78, 5) is 27.9. The van der Waals surface area contributed by atoms with Gasteiger partial charge in [0.1, 0.15) is 6.04 Å². The second-order valence-corrected chi connectivity index (χ2v) is 11.0. The van der Waals surface area contributed by atoms with Crippen LogP contribution in [0.5, 0.6) is 0 Å². The van der Waals surface area contributed by atoms with Crippen molar-refractivity contribution >= 4 is 45.0 Å². The third-order valence-electron chi connectivity index (χ3n) is 5.57. The van der Waals surface area contributed by atoms with Gasteiger partial charge in [-0.2, -0.15) is 4.31 Å². The Bertz CT molecular complexity index is 1090. The van der Waals surface area contributed by atoms with Gasteiger partial charge >= 0.3 is 0 Å². The molecule has 0 saturated heterocycles. The van der Waals surface area contributed by atoms with Crippen LogP contribution >= 0.6 is 23.2 Å². The first-order valence-electron chi connectivity index (χ1n) is 11.1. The number of halogens is 2. The number of nitrogens with one attached hydrogen (secondary N) is 1. The summed E-state index contributed by atoms with van der Waals surface area (Å²) in [5.74, 6) is -0.799. The molecule has 2 amide bonds. The van der Waals surface area contributed by atoms with Crippen LogP contribution in [0.25, 0.3) is 0 Å². The highest BCUT2D eigenvalue weighted by Gasteiger charge is 2.32. The van der Waals surface area contributed by atoms with Gasteiger partial charge in [-0.25, -0.2) is 8.42 Å². The first-order chi connectivity index (χ1) is 16.0. The van der Waals surface area contributed by atoms with Gasteiger partial charge in [-0.3, -0.25) is 9.59 Å². The molecule has 186 valence electrons. The van der Waals surface area contributed by atoms with Crippen LogP contribution < -0.4 is 5.32 Å². The molecule has 0 radical (unpaired) electrons. The van der Waals surface area contributed by atoms with Crippen LogP contribution in [-0.2, 0) is 26.2 Å². The van der Waals surface area contributed by atoms with Gasteiger partial charge in [-0.1, -0.05) is 55.2 Å². The molecule has 2 rings (SSSR count). The Morgan fingerprint density at radius 3 is 2.18 bits per heavy atom. The van der Waals surface area contributed by atoms with E-state index in [9.17, 15) is 18.0 Å². The molecule has 2 unspecified atom stereocenters. The summed E-state index contributed by atoms with van der Waals surface area (Å²) in [6.07, 6.45) is 1.09. The van der Waals surface area contributed by atoms with E-state index in [-0.39, 0.29) is 23.4 Å². The second-order valence-electron chi connectivity index (χ2n) is 8.07. The summed E-state index contributed by atoms with van der Waals surface area (Å²) in [7, 11) is -2.61. The largest absolute Gasteiger partial charge is 0.352 e. The zero-order valence-electron chi connectivity index (χ0n) is 19.8. The number of hydrogen-bond acceptors (Lipinski definition) is 4. The predicted molar refractivity (Wildman–Crippen MR) is 135 cm³/mol. The topological polar surface area (TPSA) is 86.8 Å². The minimum atomic E-state index is -3.94. The van der Waals surface area contributed by atoms with Crippen LogP contribution in [0.1, 0.15) is 39.2 Å². The molecular weight excluding hydrogens is 497 g/mol. The molecule has 0 spiro atoms. The van der Waals surface area contributed by atoms with Crippen molar-refractivity contribution in [3.63, 3.8) is 0 Å². The molecule has 0 aliphatic heterocycles. The number of nitrogens with zero attached hydrogens (tertiary/aromatic N) is 2. The molecule has 2 aromatic carbocycles. The van der Waals surface area contributed by atoms with Gasteiger partial charge in [-0.15, -0.1) is 0 Å². The number of carbonyl (C=O) groups excluding carboxylic acids is 2. The monoisotopic (exact) mass is 527 g/mol. The number of carbonyl (C=O) groups is 2. The van der Waals surface area contributed by atoms with Crippen LogP contribution in [0.15, 0.2) is 53.4 Å². The van der Waals surface area contributed by atoms with Crippen LogP contribution in [0.2, 0.25) is 10.0 Å². The zero-order valence-corrected chi connectivity index (χ0v) is 22.1. The van der Waals surface area contributed by atoms with E-state index in [1.54, 1.807) is 24.3 Å². The fourth-order valence-electron chi connectivity index (χ4n) is 3.32. The van der Waals surface area contributed by atoms with Crippen LogP contribution in [0.4, 0.5) is 0 Å². The van der Waals surface area contributed by atoms with Crippen LogP contribution in [-0.4, -0.2) is 55.1 Å². The molecule has 1 N–H and O–H groups in total. The smallest absolute Gasteiger partial charge is 0.243 e. The highest BCUT2D eigenvalue weighted by atomic mass is 35.5. The molecule has 2 aromatic rings. The maximum Gasteiger partial charge on any atom is 0.243 e. The van der Waals surface area contributed by atoms with Gasteiger partial charge < -0.3 is 10.2 Å². The van der Waals surface area contributed by atoms with E-state index in [2.05, 4.69) is 5.32 Å². The SMILES string of the molecule is CCC(C)NC(=O)C(CC)N(Cc1ccccc1Cl)C(=O)CN(C)S(=O)(=O)c1ccc(Cl)cc1. The Labute approximate surface area is 212 Å². The molecule has 10 heteroatoms. The standard InChI is InChI=1S/C24H31Cl2N3O4S/c1-5-17(3)27-24(31)22(6-2)29(15-18-9-7-8-10-21(18)26)23(30)16-28(4)34(32,33)20-13-11-19(25)12-14-20/h7-14,17,22H,5-6,15-16H2,1-4H3,(H,27,31). The number of sulfonamides is 1. The number of benzene rings is 2. The lowest BCUT2D eigenvalue weighted by molar-refractivity contribution is -0.141. The fraction of sp³-hybridized carbons (Fsp3) is 0.417. The summed E-state index contributed by atoms with van der Waals surface area (Å²) in [5.41, 5.74) is 0.663. The van der Waals surface area contributed by atoms with Crippen LogP contribution in [0.3, 0.4) is 0 Å². The third-order valence-corrected chi connectivity index (χ3v) is 8.00.